The first-order valence-corrected chi connectivity index (χ1v) is 11.6. The van der Waals surface area contributed by atoms with Crippen molar-refractivity contribution in [2.24, 2.45) is 0 Å². The minimum absolute atomic E-state index is 0.0408. The van der Waals surface area contributed by atoms with E-state index in [1.807, 2.05) is 54.6 Å². The van der Waals surface area contributed by atoms with Gasteiger partial charge >= 0.3 is 0 Å². The molecule has 2 atom stereocenters. The summed E-state index contributed by atoms with van der Waals surface area (Å²) in [6, 6.07) is 22.4. The molecule has 1 aliphatic rings. The zero-order valence-corrected chi connectivity index (χ0v) is 19.3. The molecule has 1 N–H and O–H groups in total. The average Bonchev–Trinajstić information content (AvgIpc) is 2.85. The van der Waals surface area contributed by atoms with E-state index in [4.69, 9.17) is 14.2 Å². The van der Waals surface area contributed by atoms with Crippen LogP contribution >= 0.6 is 0 Å². The van der Waals surface area contributed by atoms with Crippen LogP contribution in [0, 0.1) is 5.82 Å². The Labute approximate surface area is 199 Å². The maximum Gasteiger partial charge on any atom is 0.216 e. The maximum atomic E-state index is 13.9. The number of carbonyl (C=O) groups excluding carboxylic acids is 1. The Balaban J connectivity index is 1.38. The molecule has 5 nitrogen and oxygen atoms in total. The topological polar surface area (TPSA) is 56.8 Å². The highest BCUT2D eigenvalue weighted by atomic mass is 19.1. The van der Waals surface area contributed by atoms with Crippen LogP contribution < -0.4 is 10.1 Å². The van der Waals surface area contributed by atoms with E-state index in [0.717, 1.165) is 35.1 Å². The lowest BCUT2D eigenvalue weighted by Crippen LogP contribution is -2.34. The monoisotopic (exact) mass is 463 g/mol. The van der Waals surface area contributed by atoms with E-state index in [1.54, 1.807) is 6.07 Å². The molecule has 1 aliphatic heterocycles. The van der Waals surface area contributed by atoms with Crippen LogP contribution in [0.3, 0.4) is 0 Å². The van der Waals surface area contributed by atoms with Crippen LogP contribution in [-0.4, -0.2) is 31.5 Å². The van der Waals surface area contributed by atoms with Gasteiger partial charge in [-0.05, 0) is 59.4 Å². The zero-order chi connectivity index (χ0) is 23.8. The van der Waals surface area contributed by atoms with Crippen LogP contribution in [0.2, 0.25) is 0 Å². The van der Waals surface area contributed by atoms with Gasteiger partial charge in [0.2, 0.25) is 5.91 Å². The molecule has 0 radical (unpaired) electrons. The predicted molar refractivity (Wildman–Crippen MR) is 129 cm³/mol. The molecule has 0 bridgehead atoms. The Morgan fingerprint density at radius 1 is 1.06 bits per heavy atom. The Kier molecular flexibility index (Phi) is 8.28. The van der Waals surface area contributed by atoms with Crippen LogP contribution in [-0.2, 0) is 27.3 Å². The van der Waals surface area contributed by atoms with Gasteiger partial charge < -0.3 is 19.5 Å². The Morgan fingerprint density at radius 2 is 1.91 bits per heavy atom. The Bertz CT molecular complexity index is 1080. The van der Waals surface area contributed by atoms with E-state index in [1.165, 1.54) is 19.1 Å². The highest BCUT2D eigenvalue weighted by Gasteiger charge is 2.24. The summed E-state index contributed by atoms with van der Waals surface area (Å²) >= 11 is 0. The summed E-state index contributed by atoms with van der Waals surface area (Å²) in [5.41, 5.74) is 3.79. The fourth-order valence-electron chi connectivity index (χ4n) is 4.01. The molecular weight excluding hydrogens is 433 g/mol. The van der Waals surface area contributed by atoms with Crippen molar-refractivity contribution >= 4 is 5.91 Å². The van der Waals surface area contributed by atoms with Gasteiger partial charge in [0.15, 0.2) is 6.29 Å². The number of hydrogen-bond donors (Lipinski definition) is 1. The molecule has 4 rings (SSSR count). The minimum Gasteiger partial charge on any atom is -0.465 e. The Morgan fingerprint density at radius 3 is 2.65 bits per heavy atom. The minimum atomic E-state index is -0.359. The van der Waals surface area contributed by atoms with Crippen LogP contribution in [0.1, 0.15) is 30.9 Å². The largest absolute Gasteiger partial charge is 0.465 e. The van der Waals surface area contributed by atoms with Crippen LogP contribution in [0.25, 0.3) is 11.1 Å². The fraction of sp³-hybridized carbons (Fsp3) is 0.321. The molecule has 0 aliphatic carbocycles. The van der Waals surface area contributed by atoms with Crippen molar-refractivity contribution in [3.63, 3.8) is 0 Å². The third kappa shape index (κ3) is 6.89. The number of hydrogen-bond acceptors (Lipinski definition) is 4. The second-order valence-corrected chi connectivity index (χ2v) is 8.44. The van der Waals surface area contributed by atoms with Crippen molar-refractivity contribution in [2.75, 3.05) is 13.2 Å². The highest BCUT2D eigenvalue weighted by Crippen LogP contribution is 2.30. The summed E-state index contributed by atoms with van der Waals surface area (Å²) in [6.45, 7) is 3.04. The molecule has 2 unspecified atom stereocenters. The molecule has 0 spiro atoms. The van der Waals surface area contributed by atoms with Crippen molar-refractivity contribution in [1.82, 2.24) is 5.32 Å². The molecule has 1 heterocycles. The summed E-state index contributed by atoms with van der Waals surface area (Å²) in [6.07, 6.45) is 1.88. The predicted octanol–water partition coefficient (Wildman–Crippen LogP) is 5.27. The van der Waals surface area contributed by atoms with Gasteiger partial charge in [-0.3, -0.25) is 4.79 Å². The van der Waals surface area contributed by atoms with E-state index < -0.39 is 0 Å². The number of amides is 1. The van der Waals surface area contributed by atoms with Crippen molar-refractivity contribution in [3.05, 3.63) is 89.7 Å². The summed E-state index contributed by atoms with van der Waals surface area (Å²) in [5.74, 6) is 0.290. The summed E-state index contributed by atoms with van der Waals surface area (Å²) in [4.78, 5) is 11.2. The normalized spacial score (nSPS) is 17.8. The molecule has 178 valence electrons. The van der Waals surface area contributed by atoms with Gasteiger partial charge in [-0.2, -0.15) is 0 Å². The Hall–Kier alpha value is -3.22. The number of halogens is 1. The summed E-state index contributed by atoms with van der Waals surface area (Å²) in [5, 5.41) is 2.81. The van der Waals surface area contributed by atoms with Crippen LogP contribution in [0.4, 0.5) is 4.39 Å². The summed E-state index contributed by atoms with van der Waals surface area (Å²) < 4.78 is 31.9. The maximum absolute atomic E-state index is 13.9. The van der Waals surface area contributed by atoms with Gasteiger partial charge in [-0.25, -0.2) is 4.39 Å². The lowest BCUT2D eigenvalue weighted by molar-refractivity contribution is -0.157. The van der Waals surface area contributed by atoms with Gasteiger partial charge in [0.25, 0.3) is 0 Å². The first-order valence-electron chi connectivity index (χ1n) is 11.6. The van der Waals surface area contributed by atoms with Gasteiger partial charge in [0.1, 0.15) is 11.6 Å². The number of nitrogens with one attached hydrogen (secondary N) is 1. The number of ether oxygens (including phenoxy) is 3. The van der Waals surface area contributed by atoms with E-state index in [9.17, 15) is 9.18 Å². The van der Waals surface area contributed by atoms with Gasteiger partial charge in [-0.1, -0.05) is 48.5 Å². The molecule has 1 saturated heterocycles. The van der Waals surface area contributed by atoms with Gasteiger partial charge in [0.05, 0.1) is 19.3 Å². The molecule has 0 aromatic heterocycles. The third-order valence-corrected chi connectivity index (χ3v) is 5.77. The highest BCUT2D eigenvalue weighted by molar-refractivity contribution is 5.73. The molecule has 1 amide bonds. The molecule has 6 heteroatoms. The molecule has 1 fully saturated rings. The number of benzene rings is 3. The molecule has 0 saturated carbocycles. The third-order valence-electron chi connectivity index (χ3n) is 5.77. The van der Waals surface area contributed by atoms with Crippen LogP contribution in [0.5, 0.6) is 5.75 Å². The number of rotatable bonds is 9. The smallest absolute Gasteiger partial charge is 0.216 e. The van der Waals surface area contributed by atoms with Crippen molar-refractivity contribution in [1.29, 1.82) is 0 Å². The second kappa shape index (κ2) is 11.8. The van der Waals surface area contributed by atoms with Crippen molar-refractivity contribution in [2.45, 2.75) is 45.2 Å². The molecular formula is C28H30FNO4. The molecule has 3 aromatic carbocycles. The summed E-state index contributed by atoms with van der Waals surface area (Å²) in [7, 11) is 0. The van der Waals surface area contributed by atoms with E-state index in [-0.39, 0.29) is 24.1 Å². The average molecular weight is 464 g/mol. The molecule has 34 heavy (non-hydrogen) atoms. The standard InChI is InChI=1S/C28H30FNO4/c1-20(31)30-15-14-22-10-11-25(17-27(22)23-8-5-9-24(29)16-23)34-28-13-12-26(19-33-28)32-18-21-6-3-2-4-7-21/h2-11,16-17,26,28H,12-15,18-19H2,1H3,(H,30,31). The van der Waals surface area contributed by atoms with E-state index in [0.29, 0.717) is 31.9 Å². The lowest BCUT2D eigenvalue weighted by atomic mass is 9.97. The van der Waals surface area contributed by atoms with Crippen molar-refractivity contribution < 1.29 is 23.4 Å². The van der Waals surface area contributed by atoms with E-state index in [2.05, 4.69) is 5.32 Å². The van der Waals surface area contributed by atoms with E-state index >= 15 is 0 Å². The second-order valence-electron chi connectivity index (χ2n) is 8.44. The first-order chi connectivity index (χ1) is 16.6. The first kappa shape index (κ1) is 23.9. The van der Waals surface area contributed by atoms with Crippen LogP contribution in [0.15, 0.2) is 72.8 Å². The van der Waals surface area contributed by atoms with Gasteiger partial charge in [0, 0.05) is 19.9 Å². The molecule has 3 aromatic rings. The SMILES string of the molecule is CC(=O)NCCc1ccc(OC2CCC(OCc3ccccc3)CO2)cc1-c1cccc(F)c1. The quantitative estimate of drug-likeness (QED) is 0.470. The zero-order valence-electron chi connectivity index (χ0n) is 19.3. The van der Waals surface area contributed by atoms with Crippen molar-refractivity contribution in [3.8, 4) is 16.9 Å². The van der Waals surface area contributed by atoms with Gasteiger partial charge in [-0.15, -0.1) is 0 Å². The lowest BCUT2D eigenvalue weighted by Gasteiger charge is -2.29. The fourth-order valence-corrected chi connectivity index (χ4v) is 4.01. The number of carbonyl (C=O) groups is 1.